The summed E-state index contributed by atoms with van der Waals surface area (Å²) in [5, 5.41) is 0. The van der Waals surface area contributed by atoms with Crippen LogP contribution in [-0.4, -0.2) is 12.5 Å². The van der Waals surface area contributed by atoms with E-state index in [1.54, 1.807) is 6.07 Å². The highest BCUT2D eigenvalue weighted by Crippen LogP contribution is 2.22. The molecule has 0 aromatic heterocycles. The molecule has 1 nitrogen and oxygen atoms in total. The molecule has 0 fully saturated rings. The maximum atomic E-state index is 13.1. The van der Waals surface area contributed by atoms with Crippen LogP contribution in [0.1, 0.15) is 0 Å². The van der Waals surface area contributed by atoms with Crippen molar-refractivity contribution in [3.8, 4) is 16.9 Å². The zero-order valence-electron chi connectivity index (χ0n) is 9.20. The minimum Gasteiger partial charge on any atom is -0.492 e. The fourth-order valence-electron chi connectivity index (χ4n) is 1.57. The lowest BCUT2D eigenvalue weighted by Gasteiger charge is -2.05. The zero-order chi connectivity index (χ0) is 12.1. The highest BCUT2D eigenvalue weighted by molar-refractivity contribution is 6.18. The predicted octanol–water partition coefficient (Wildman–Crippen LogP) is 4.11. The molecule has 0 unspecified atom stereocenters. The number of hydrogen-bond acceptors (Lipinski definition) is 1. The lowest BCUT2D eigenvalue weighted by atomic mass is 10.1. The monoisotopic (exact) mass is 250 g/mol. The second-order valence-corrected chi connectivity index (χ2v) is 3.95. The third-order valence-electron chi connectivity index (χ3n) is 2.36. The van der Waals surface area contributed by atoms with Gasteiger partial charge in [-0.05, 0) is 35.4 Å². The van der Waals surface area contributed by atoms with Crippen LogP contribution >= 0.6 is 11.6 Å². The summed E-state index contributed by atoms with van der Waals surface area (Å²) in [6.45, 7) is 0.487. The molecule has 3 heteroatoms. The van der Waals surface area contributed by atoms with Crippen LogP contribution in [0.4, 0.5) is 4.39 Å². The summed E-state index contributed by atoms with van der Waals surface area (Å²) in [5.41, 5.74) is 1.82. The SMILES string of the molecule is Fc1cccc(-c2ccc(OCCCl)cc2)c1. The van der Waals surface area contributed by atoms with Crippen LogP contribution in [0.5, 0.6) is 5.75 Å². The average Bonchev–Trinajstić information content (AvgIpc) is 2.37. The lowest BCUT2D eigenvalue weighted by molar-refractivity contribution is 0.343. The van der Waals surface area contributed by atoms with Crippen molar-refractivity contribution in [2.45, 2.75) is 0 Å². The molecule has 0 aliphatic heterocycles. The Labute approximate surface area is 105 Å². The molecule has 88 valence electrons. The van der Waals surface area contributed by atoms with Crippen molar-refractivity contribution in [1.29, 1.82) is 0 Å². The van der Waals surface area contributed by atoms with E-state index in [2.05, 4.69) is 0 Å². The van der Waals surface area contributed by atoms with E-state index in [4.69, 9.17) is 16.3 Å². The highest BCUT2D eigenvalue weighted by Gasteiger charge is 1.99. The first-order chi connectivity index (χ1) is 8.29. The molecule has 2 aromatic rings. The molecule has 0 heterocycles. The second kappa shape index (κ2) is 5.69. The van der Waals surface area contributed by atoms with Gasteiger partial charge in [0.2, 0.25) is 0 Å². The van der Waals surface area contributed by atoms with Gasteiger partial charge in [0.05, 0.1) is 5.88 Å². The molecule has 0 aliphatic carbocycles. The van der Waals surface area contributed by atoms with Crippen LogP contribution < -0.4 is 4.74 Å². The molecule has 0 aliphatic rings. The number of rotatable bonds is 4. The van der Waals surface area contributed by atoms with Crippen molar-refractivity contribution in [1.82, 2.24) is 0 Å². The van der Waals surface area contributed by atoms with Gasteiger partial charge >= 0.3 is 0 Å². The first kappa shape index (κ1) is 11.9. The molecule has 2 rings (SSSR count). The van der Waals surface area contributed by atoms with E-state index in [9.17, 15) is 4.39 Å². The van der Waals surface area contributed by atoms with Crippen LogP contribution in [0.25, 0.3) is 11.1 Å². The number of hydrogen-bond donors (Lipinski definition) is 0. The molecule has 17 heavy (non-hydrogen) atoms. The Balaban J connectivity index is 2.17. The summed E-state index contributed by atoms with van der Waals surface area (Å²) in [7, 11) is 0. The van der Waals surface area contributed by atoms with E-state index >= 15 is 0 Å². The van der Waals surface area contributed by atoms with Gasteiger partial charge in [-0.3, -0.25) is 0 Å². The van der Waals surface area contributed by atoms with Gasteiger partial charge in [-0.15, -0.1) is 11.6 Å². The largest absolute Gasteiger partial charge is 0.492 e. The molecule has 0 atom stereocenters. The standard InChI is InChI=1S/C14H12ClFO/c15-8-9-17-14-6-4-11(5-7-14)12-2-1-3-13(16)10-12/h1-7,10H,8-9H2. The van der Waals surface area contributed by atoms with E-state index in [1.165, 1.54) is 12.1 Å². The van der Waals surface area contributed by atoms with Crippen LogP contribution in [0.2, 0.25) is 0 Å². The summed E-state index contributed by atoms with van der Waals surface area (Å²) >= 11 is 5.53. The van der Waals surface area contributed by atoms with E-state index < -0.39 is 0 Å². The third-order valence-corrected chi connectivity index (χ3v) is 2.51. The first-order valence-electron chi connectivity index (χ1n) is 5.34. The number of ether oxygens (including phenoxy) is 1. The fourth-order valence-corrected chi connectivity index (χ4v) is 1.65. The zero-order valence-corrected chi connectivity index (χ0v) is 9.95. The number of benzene rings is 2. The van der Waals surface area contributed by atoms with Crippen LogP contribution in [0.3, 0.4) is 0 Å². The predicted molar refractivity (Wildman–Crippen MR) is 68.1 cm³/mol. The number of halogens is 2. The van der Waals surface area contributed by atoms with Gasteiger partial charge in [0, 0.05) is 0 Å². The Bertz CT molecular complexity index is 482. The van der Waals surface area contributed by atoms with Crippen molar-refractivity contribution >= 4 is 11.6 Å². The molecular weight excluding hydrogens is 239 g/mol. The third kappa shape index (κ3) is 3.21. The maximum absolute atomic E-state index is 13.1. The molecule has 0 saturated heterocycles. The van der Waals surface area contributed by atoms with Crippen molar-refractivity contribution < 1.29 is 9.13 Å². The summed E-state index contributed by atoms with van der Waals surface area (Å²) in [6.07, 6.45) is 0. The summed E-state index contributed by atoms with van der Waals surface area (Å²) < 4.78 is 18.4. The number of alkyl halides is 1. The Morgan fingerprint density at radius 1 is 1.00 bits per heavy atom. The quantitative estimate of drug-likeness (QED) is 0.742. The molecular formula is C14H12ClFO. The van der Waals surface area contributed by atoms with Gasteiger partial charge in [0.25, 0.3) is 0 Å². The van der Waals surface area contributed by atoms with Gasteiger partial charge in [-0.25, -0.2) is 4.39 Å². The Morgan fingerprint density at radius 2 is 1.76 bits per heavy atom. The summed E-state index contributed by atoms with van der Waals surface area (Å²) in [4.78, 5) is 0. The topological polar surface area (TPSA) is 9.23 Å². The highest BCUT2D eigenvalue weighted by atomic mass is 35.5. The molecule has 0 N–H and O–H groups in total. The van der Waals surface area contributed by atoms with Crippen molar-refractivity contribution in [2.75, 3.05) is 12.5 Å². The molecule has 0 saturated carbocycles. The lowest BCUT2D eigenvalue weighted by Crippen LogP contribution is -1.97. The first-order valence-corrected chi connectivity index (χ1v) is 5.88. The van der Waals surface area contributed by atoms with Gasteiger partial charge in [0.15, 0.2) is 0 Å². The van der Waals surface area contributed by atoms with E-state index in [0.29, 0.717) is 12.5 Å². The van der Waals surface area contributed by atoms with Gasteiger partial charge in [-0.2, -0.15) is 0 Å². The average molecular weight is 251 g/mol. The second-order valence-electron chi connectivity index (χ2n) is 3.57. The van der Waals surface area contributed by atoms with E-state index in [-0.39, 0.29) is 5.82 Å². The smallest absolute Gasteiger partial charge is 0.123 e. The summed E-state index contributed by atoms with van der Waals surface area (Å²) in [6, 6.07) is 14.0. The minimum absolute atomic E-state index is 0.232. The fraction of sp³-hybridized carbons (Fsp3) is 0.143. The van der Waals surface area contributed by atoms with Crippen LogP contribution in [0.15, 0.2) is 48.5 Å². The van der Waals surface area contributed by atoms with Crippen LogP contribution in [0, 0.1) is 5.82 Å². The maximum Gasteiger partial charge on any atom is 0.123 e. The van der Waals surface area contributed by atoms with E-state index in [1.807, 2.05) is 30.3 Å². The normalized spacial score (nSPS) is 10.2. The van der Waals surface area contributed by atoms with E-state index in [0.717, 1.165) is 16.9 Å². The Kier molecular flexibility index (Phi) is 3.99. The molecule has 0 radical (unpaired) electrons. The molecule has 2 aromatic carbocycles. The summed E-state index contributed by atoms with van der Waals surface area (Å²) in [5.74, 6) is 1.00. The van der Waals surface area contributed by atoms with Gasteiger partial charge in [0.1, 0.15) is 18.2 Å². The van der Waals surface area contributed by atoms with Crippen molar-refractivity contribution in [3.05, 3.63) is 54.3 Å². The van der Waals surface area contributed by atoms with Gasteiger partial charge < -0.3 is 4.74 Å². The van der Waals surface area contributed by atoms with Crippen molar-refractivity contribution in [3.63, 3.8) is 0 Å². The van der Waals surface area contributed by atoms with Crippen LogP contribution in [-0.2, 0) is 0 Å². The Morgan fingerprint density at radius 3 is 2.41 bits per heavy atom. The minimum atomic E-state index is -0.232. The Hall–Kier alpha value is -1.54. The molecule has 0 amide bonds. The van der Waals surface area contributed by atoms with Crippen molar-refractivity contribution in [2.24, 2.45) is 0 Å². The van der Waals surface area contributed by atoms with Gasteiger partial charge in [-0.1, -0.05) is 24.3 Å². The molecule has 0 spiro atoms. The molecule has 0 bridgehead atoms.